The molecule has 0 saturated heterocycles. The molecule has 0 atom stereocenters. The van der Waals surface area contributed by atoms with Crippen molar-refractivity contribution in [3.05, 3.63) is 57.6 Å². The number of phenolic OH excluding ortho intramolecular Hbond substituents is 2. The van der Waals surface area contributed by atoms with Gasteiger partial charge in [-0.2, -0.15) is 26.3 Å². The molecule has 0 aliphatic heterocycles. The Morgan fingerprint density at radius 2 is 1.00 bits per heavy atom. The standard InChI is InChI=1S/C17H14F6O2/c1-8-12(16(18,19)20)5-3-10(14(8)24)7-11-4-6-13(17(21,22)23)9(2)15(11)25/h3-6,24-25H,7H2,1-2H3. The smallest absolute Gasteiger partial charge is 0.416 e. The van der Waals surface area contributed by atoms with Gasteiger partial charge < -0.3 is 10.2 Å². The number of alkyl halides is 6. The van der Waals surface area contributed by atoms with Crippen LogP contribution in [0.4, 0.5) is 26.3 Å². The average molecular weight is 364 g/mol. The summed E-state index contributed by atoms with van der Waals surface area (Å²) >= 11 is 0. The molecule has 0 amide bonds. The zero-order valence-electron chi connectivity index (χ0n) is 13.2. The van der Waals surface area contributed by atoms with E-state index in [9.17, 15) is 36.6 Å². The van der Waals surface area contributed by atoms with E-state index in [0.717, 1.165) is 38.1 Å². The average Bonchev–Trinajstić information content (AvgIpc) is 2.46. The van der Waals surface area contributed by atoms with E-state index < -0.39 is 35.0 Å². The van der Waals surface area contributed by atoms with E-state index in [1.165, 1.54) is 0 Å². The molecule has 0 radical (unpaired) electrons. The van der Waals surface area contributed by atoms with Gasteiger partial charge in [0.1, 0.15) is 11.5 Å². The fraction of sp³-hybridized carbons (Fsp3) is 0.294. The maximum Gasteiger partial charge on any atom is 0.416 e. The molecule has 0 spiro atoms. The highest BCUT2D eigenvalue weighted by atomic mass is 19.4. The summed E-state index contributed by atoms with van der Waals surface area (Å²) in [4.78, 5) is 0. The molecule has 136 valence electrons. The monoisotopic (exact) mass is 364 g/mol. The number of phenols is 2. The van der Waals surface area contributed by atoms with Gasteiger partial charge in [0.2, 0.25) is 0 Å². The zero-order valence-corrected chi connectivity index (χ0v) is 13.2. The largest absolute Gasteiger partial charge is 0.507 e. The summed E-state index contributed by atoms with van der Waals surface area (Å²) in [5.74, 6) is -1.21. The highest BCUT2D eigenvalue weighted by Crippen LogP contribution is 2.40. The molecule has 0 aliphatic carbocycles. The minimum atomic E-state index is -4.63. The van der Waals surface area contributed by atoms with Crippen molar-refractivity contribution in [1.82, 2.24) is 0 Å². The van der Waals surface area contributed by atoms with Gasteiger partial charge in [-0.05, 0) is 37.1 Å². The number of hydrogen-bond acceptors (Lipinski definition) is 2. The Kier molecular flexibility index (Phi) is 4.67. The Hall–Kier alpha value is -2.38. The second-order valence-electron chi connectivity index (χ2n) is 5.66. The van der Waals surface area contributed by atoms with Gasteiger partial charge in [0, 0.05) is 17.5 Å². The third-order valence-electron chi connectivity index (χ3n) is 4.02. The third-order valence-corrected chi connectivity index (χ3v) is 4.02. The fourth-order valence-corrected chi connectivity index (χ4v) is 2.62. The van der Waals surface area contributed by atoms with E-state index in [1.807, 2.05) is 0 Å². The van der Waals surface area contributed by atoms with Crippen LogP contribution in [0, 0.1) is 13.8 Å². The summed E-state index contributed by atoms with van der Waals surface area (Å²) in [5, 5.41) is 20.0. The number of benzene rings is 2. The topological polar surface area (TPSA) is 40.5 Å². The lowest BCUT2D eigenvalue weighted by molar-refractivity contribution is -0.139. The number of halogens is 6. The second kappa shape index (κ2) is 6.16. The second-order valence-corrected chi connectivity index (χ2v) is 5.66. The molecule has 8 heteroatoms. The first kappa shape index (κ1) is 19.0. The van der Waals surface area contributed by atoms with Crippen LogP contribution in [0.3, 0.4) is 0 Å². The van der Waals surface area contributed by atoms with Crippen LogP contribution in [0.25, 0.3) is 0 Å². The molecule has 25 heavy (non-hydrogen) atoms. The van der Waals surface area contributed by atoms with E-state index in [-0.39, 0.29) is 28.7 Å². The summed E-state index contributed by atoms with van der Waals surface area (Å²) < 4.78 is 76.8. The normalized spacial score (nSPS) is 12.5. The van der Waals surface area contributed by atoms with E-state index >= 15 is 0 Å². The molecule has 0 aliphatic rings. The molecular weight excluding hydrogens is 350 g/mol. The Labute approximate surface area is 139 Å². The van der Waals surface area contributed by atoms with Crippen molar-refractivity contribution in [3.8, 4) is 11.5 Å². The molecule has 2 aromatic rings. The van der Waals surface area contributed by atoms with E-state index in [1.54, 1.807) is 0 Å². The Balaban J connectivity index is 2.45. The summed E-state index contributed by atoms with van der Waals surface area (Å²) in [6, 6.07) is 3.66. The van der Waals surface area contributed by atoms with Gasteiger partial charge >= 0.3 is 12.4 Å². The van der Waals surface area contributed by atoms with E-state index in [2.05, 4.69) is 0 Å². The summed E-state index contributed by atoms with van der Waals surface area (Å²) in [6.45, 7) is 2.19. The highest BCUT2D eigenvalue weighted by Gasteiger charge is 2.35. The van der Waals surface area contributed by atoms with Crippen molar-refractivity contribution < 1.29 is 36.6 Å². The predicted molar refractivity (Wildman–Crippen MR) is 78.5 cm³/mol. The first-order chi connectivity index (χ1) is 11.3. The van der Waals surface area contributed by atoms with Gasteiger partial charge in [-0.1, -0.05) is 12.1 Å². The van der Waals surface area contributed by atoms with Crippen LogP contribution in [0.1, 0.15) is 33.4 Å². The van der Waals surface area contributed by atoms with Gasteiger partial charge in [0.25, 0.3) is 0 Å². The number of aromatic hydroxyl groups is 2. The number of hydrogen-bond donors (Lipinski definition) is 2. The van der Waals surface area contributed by atoms with E-state index in [0.29, 0.717) is 0 Å². The highest BCUT2D eigenvalue weighted by molar-refractivity contribution is 5.52. The van der Waals surface area contributed by atoms with Crippen molar-refractivity contribution >= 4 is 0 Å². The Morgan fingerprint density at radius 3 is 1.28 bits per heavy atom. The molecule has 2 aromatic carbocycles. The zero-order chi connectivity index (χ0) is 19.2. The Bertz CT molecular complexity index is 739. The molecule has 2 nitrogen and oxygen atoms in total. The first-order valence-corrected chi connectivity index (χ1v) is 7.11. The van der Waals surface area contributed by atoms with Crippen molar-refractivity contribution in [1.29, 1.82) is 0 Å². The minimum Gasteiger partial charge on any atom is -0.507 e. The maximum absolute atomic E-state index is 12.8. The van der Waals surface area contributed by atoms with Gasteiger partial charge in [0.15, 0.2) is 0 Å². The summed E-state index contributed by atoms with van der Waals surface area (Å²) in [5.41, 5.74) is -2.62. The Morgan fingerprint density at radius 1 is 0.680 bits per heavy atom. The molecule has 2 rings (SSSR count). The van der Waals surface area contributed by atoms with Crippen molar-refractivity contribution in [2.75, 3.05) is 0 Å². The molecule has 0 aromatic heterocycles. The van der Waals surface area contributed by atoms with Crippen LogP contribution in [-0.4, -0.2) is 10.2 Å². The van der Waals surface area contributed by atoms with Crippen LogP contribution in [0.15, 0.2) is 24.3 Å². The van der Waals surface area contributed by atoms with Gasteiger partial charge in [0.05, 0.1) is 11.1 Å². The van der Waals surface area contributed by atoms with E-state index in [4.69, 9.17) is 0 Å². The fourth-order valence-electron chi connectivity index (χ4n) is 2.62. The molecule has 0 heterocycles. The van der Waals surface area contributed by atoms with Gasteiger partial charge in [-0.25, -0.2) is 0 Å². The van der Waals surface area contributed by atoms with Crippen LogP contribution < -0.4 is 0 Å². The van der Waals surface area contributed by atoms with Gasteiger partial charge in [-0.15, -0.1) is 0 Å². The van der Waals surface area contributed by atoms with Crippen LogP contribution in [0.2, 0.25) is 0 Å². The lowest BCUT2D eigenvalue weighted by Crippen LogP contribution is -2.09. The lowest BCUT2D eigenvalue weighted by atomic mass is 9.95. The SMILES string of the molecule is Cc1c(C(F)(F)F)ccc(Cc2ccc(C(F)(F)F)c(C)c2O)c1O. The first-order valence-electron chi connectivity index (χ1n) is 7.11. The van der Waals surface area contributed by atoms with Gasteiger partial charge in [-0.3, -0.25) is 0 Å². The molecule has 0 unspecified atom stereocenters. The maximum atomic E-state index is 12.8. The molecule has 0 saturated carbocycles. The summed E-state index contributed by atoms with van der Waals surface area (Å²) in [7, 11) is 0. The van der Waals surface area contributed by atoms with Crippen LogP contribution in [-0.2, 0) is 18.8 Å². The molecule has 2 N–H and O–H groups in total. The minimum absolute atomic E-state index is 0.0694. The third kappa shape index (κ3) is 3.67. The molecular formula is C17H14F6O2. The quantitative estimate of drug-likeness (QED) is 0.706. The number of rotatable bonds is 2. The lowest BCUT2D eigenvalue weighted by Gasteiger charge is -2.17. The van der Waals surface area contributed by atoms with Crippen molar-refractivity contribution in [2.45, 2.75) is 32.6 Å². The van der Waals surface area contributed by atoms with Crippen LogP contribution in [0.5, 0.6) is 11.5 Å². The van der Waals surface area contributed by atoms with Crippen molar-refractivity contribution in [2.24, 2.45) is 0 Å². The predicted octanol–water partition coefficient (Wildman–Crippen LogP) is 5.34. The summed E-state index contributed by atoms with van der Waals surface area (Å²) in [6.07, 6.45) is -9.48. The molecule has 0 fully saturated rings. The van der Waals surface area contributed by atoms with Crippen molar-refractivity contribution in [3.63, 3.8) is 0 Å². The van der Waals surface area contributed by atoms with Crippen LogP contribution >= 0.6 is 0 Å². The molecule has 0 bridgehead atoms.